The molecule has 0 aliphatic heterocycles. The van der Waals surface area contributed by atoms with Crippen molar-refractivity contribution in [3.63, 3.8) is 0 Å². The van der Waals surface area contributed by atoms with Gasteiger partial charge in [0.05, 0.1) is 6.61 Å². The van der Waals surface area contributed by atoms with Gasteiger partial charge in [0.15, 0.2) is 0 Å². The van der Waals surface area contributed by atoms with Crippen molar-refractivity contribution >= 4 is 11.3 Å². The smallest absolute Gasteiger partial charge is 0.0558 e. The van der Waals surface area contributed by atoms with E-state index in [0.29, 0.717) is 12.5 Å². The van der Waals surface area contributed by atoms with Gasteiger partial charge >= 0.3 is 0 Å². The van der Waals surface area contributed by atoms with Crippen LogP contribution in [0.2, 0.25) is 0 Å². The summed E-state index contributed by atoms with van der Waals surface area (Å²) in [5.41, 5.74) is 1.37. The summed E-state index contributed by atoms with van der Waals surface area (Å²) in [6.07, 6.45) is 1.89. The Morgan fingerprint density at radius 2 is 2.25 bits per heavy atom. The van der Waals surface area contributed by atoms with E-state index in [2.05, 4.69) is 43.6 Å². The Kier molecular flexibility index (Phi) is 8.07. The number of hydrogen-bond donors (Lipinski definition) is 2. The summed E-state index contributed by atoms with van der Waals surface area (Å²) in [7, 11) is 0. The maximum Gasteiger partial charge on any atom is 0.0558 e. The number of hydrogen-bond acceptors (Lipinski definition) is 4. The minimum Gasteiger partial charge on any atom is -0.395 e. The van der Waals surface area contributed by atoms with Crippen molar-refractivity contribution in [2.24, 2.45) is 5.92 Å². The minimum atomic E-state index is 0.194. The third-order valence-electron chi connectivity index (χ3n) is 3.12. The number of aliphatic hydroxyl groups is 1. The van der Waals surface area contributed by atoms with Crippen molar-refractivity contribution < 1.29 is 5.11 Å². The minimum absolute atomic E-state index is 0.194. The Hall–Kier alpha value is -0.680. The number of nitrogens with one attached hydrogen (secondary N) is 1. The van der Waals surface area contributed by atoms with E-state index < -0.39 is 0 Å². The molecule has 0 aliphatic carbocycles. The maximum atomic E-state index is 9.10. The molecule has 1 heterocycles. The molecule has 0 aromatic carbocycles. The Morgan fingerprint density at radius 1 is 1.50 bits per heavy atom. The highest BCUT2D eigenvalue weighted by Gasteiger charge is 2.10. The largest absolute Gasteiger partial charge is 0.395 e. The molecular formula is C16H28N2OS. The summed E-state index contributed by atoms with van der Waals surface area (Å²) in [6, 6.07) is 2.29. The number of aryl methyl sites for hydroxylation is 1. The highest BCUT2D eigenvalue weighted by Crippen LogP contribution is 2.23. The first-order valence-corrected chi connectivity index (χ1v) is 8.11. The van der Waals surface area contributed by atoms with Crippen LogP contribution in [0.15, 0.2) is 18.7 Å². The lowest BCUT2D eigenvalue weighted by Gasteiger charge is -2.19. The van der Waals surface area contributed by atoms with Gasteiger partial charge in [-0.25, -0.2) is 0 Å². The van der Waals surface area contributed by atoms with Crippen LogP contribution in [0.4, 0.5) is 0 Å². The van der Waals surface area contributed by atoms with Crippen LogP contribution in [0.5, 0.6) is 0 Å². The molecule has 0 bridgehead atoms. The molecule has 0 fully saturated rings. The van der Waals surface area contributed by atoms with Crippen molar-refractivity contribution in [2.45, 2.75) is 33.9 Å². The van der Waals surface area contributed by atoms with Gasteiger partial charge in [-0.1, -0.05) is 19.9 Å². The van der Waals surface area contributed by atoms with E-state index >= 15 is 0 Å². The second-order valence-corrected chi connectivity index (χ2v) is 6.91. The summed E-state index contributed by atoms with van der Waals surface area (Å²) in [6.45, 7) is 15.0. The maximum absolute atomic E-state index is 9.10. The molecule has 0 radical (unpaired) electrons. The van der Waals surface area contributed by atoms with Crippen molar-refractivity contribution in [1.29, 1.82) is 0 Å². The molecule has 0 saturated heterocycles. The van der Waals surface area contributed by atoms with Crippen molar-refractivity contribution in [1.82, 2.24) is 10.2 Å². The zero-order valence-electron chi connectivity index (χ0n) is 13.0. The predicted octanol–water partition coefficient (Wildman–Crippen LogP) is 2.78. The number of rotatable bonds is 10. The van der Waals surface area contributed by atoms with Gasteiger partial charge in [-0.2, -0.15) is 0 Å². The topological polar surface area (TPSA) is 35.5 Å². The number of aliphatic hydroxyl groups excluding tert-OH is 1. The number of thiophene rings is 1. The third kappa shape index (κ3) is 6.18. The van der Waals surface area contributed by atoms with Gasteiger partial charge in [0.25, 0.3) is 0 Å². The fraction of sp³-hybridized carbons (Fsp3) is 0.625. The average Bonchev–Trinajstić information content (AvgIpc) is 2.70. The van der Waals surface area contributed by atoms with E-state index in [9.17, 15) is 0 Å². The highest BCUT2D eigenvalue weighted by molar-refractivity contribution is 7.12. The molecule has 2 N–H and O–H groups in total. The van der Waals surface area contributed by atoms with Crippen LogP contribution in [-0.2, 0) is 13.1 Å². The van der Waals surface area contributed by atoms with Gasteiger partial charge in [-0.05, 0) is 31.0 Å². The molecule has 4 heteroatoms. The van der Waals surface area contributed by atoms with Crippen molar-refractivity contribution in [3.8, 4) is 0 Å². The SMILES string of the molecule is C=CCN(CCO)Cc1cc(CNCC(C)C)sc1C. The first-order valence-electron chi connectivity index (χ1n) is 7.29. The Balaban J connectivity index is 2.57. The Morgan fingerprint density at radius 3 is 2.85 bits per heavy atom. The van der Waals surface area contributed by atoms with Crippen molar-refractivity contribution in [3.05, 3.63) is 34.0 Å². The first kappa shape index (κ1) is 17.4. The predicted molar refractivity (Wildman–Crippen MR) is 88.2 cm³/mol. The van der Waals surface area contributed by atoms with Gasteiger partial charge in [-0.15, -0.1) is 17.9 Å². The van der Waals surface area contributed by atoms with Gasteiger partial charge in [0.1, 0.15) is 0 Å². The van der Waals surface area contributed by atoms with Crippen molar-refractivity contribution in [2.75, 3.05) is 26.2 Å². The molecular weight excluding hydrogens is 268 g/mol. The molecule has 3 nitrogen and oxygen atoms in total. The standard InChI is InChI=1S/C16H28N2OS/c1-5-6-18(7-8-19)12-15-9-16(20-14(15)4)11-17-10-13(2)3/h5,9,13,17,19H,1,6-8,10-12H2,2-4H3. The lowest BCUT2D eigenvalue weighted by molar-refractivity contribution is 0.203. The van der Waals surface area contributed by atoms with E-state index in [4.69, 9.17) is 5.11 Å². The van der Waals surface area contributed by atoms with E-state index in [-0.39, 0.29) is 6.61 Å². The van der Waals surface area contributed by atoms with E-state index in [1.165, 1.54) is 15.3 Å². The van der Waals surface area contributed by atoms with E-state index in [1.54, 1.807) is 0 Å². The highest BCUT2D eigenvalue weighted by atomic mass is 32.1. The molecule has 1 rings (SSSR count). The van der Waals surface area contributed by atoms with Crippen LogP contribution in [0.3, 0.4) is 0 Å². The van der Waals surface area contributed by atoms with Crippen LogP contribution >= 0.6 is 11.3 Å². The molecule has 0 amide bonds. The Labute approximate surface area is 127 Å². The summed E-state index contributed by atoms with van der Waals surface area (Å²) in [5, 5.41) is 12.6. The fourth-order valence-electron chi connectivity index (χ4n) is 2.12. The lowest BCUT2D eigenvalue weighted by Crippen LogP contribution is -2.26. The fourth-order valence-corrected chi connectivity index (χ4v) is 3.14. The van der Waals surface area contributed by atoms with Crippen LogP contribution in [-0.4, -0.2) is 36.2 Å². The molecule has 1 aromatic heterocycles. The van der Waals surface area contributed by atoms with Gasteiger partial charge in [-0.3, -0.25) is 4.90 Å². The van der Waals surface area contributed by atoms with Gasteiger partial charge < -0.3 is 10.4 Å². The Bertz CT molecular complexity index is 401. The lowest BCUT2D eigenvalue weighted by atomic mass is 10.2. The second-order valence-electron chi connectivity index (χ2n) is 5.57. The van der Waals surface area contributed by atoms with Crippen LogP contribution in [0, 0.1) is 12.8 Å². The molecule has 0 unspecified atom stereocenters. The summed E-state index contributed by atoms with van der Waals surface area (Å²) < 4.78 is 0. The molecule has 0 atom stereocenters. The van der Waals surface area contributed by atoms with E-state index in [1.807, 2.05) is 17.4 Å². The normalized spacial score (nSPS) is 11.5. The molecule has 0 aliphatic rings. The summed E-state index contributed by atoms with van der Waals surface area (Å²) >= 11 is 1.87. The van der Waals surface area contributed by atoms with Crippen LogP contribution < -0.4 is 5.32 Å². The van der Waals surface area contributed by atoms with Gasteiger partial charge in [0.2, 0.25) is 0 Å². The van der Waals surface area contributed by atoms with E-state index in [0.717, 1.165) is 26.2 Å². The molecule has 114 valence electrons. The molecule has 0 saturated carbocycles. The summed E-state index contributed by atoms with van der Waals surface area (Å²) in [4.78, 5) is 4.98. The first-order chi connectivity index (χ1) is 9.56. The zero-order valence-corrected chi connectivity index (χ0v) is 13.8. The molecule has 1 aromatic rings. The monoisotopic (exact) mass is 296 g/mol. The van der Waals surface area contributed by atoms with Crippen LogP contribution in [0.1, 0.15) is 29.2 Å². The molecule has 0 spiro atoms. The van der Waals surface area contributed by atoms with Gasteiger partial charge in [0, 0.05) is 35.9 Å². The quantitative estimate of drug-likeness (QED) is 0.652. The summed E-state index contributed by atoms with van der Waals surface area (Å²) in [5.74, 6) is 0.683. The average molecular weight is 296 g/mol. The van der Waals surface area contributed by atoms with Crippen LogP contribution in [0.25, 0.3) is 0 Å². The number of nitrogens with zero attached hydrogens (tertiary/aromatic N) is 1. The third-order valence-corrected chi connectivity index (χ3v) is 4.21. The zero-order chi connectivity index (χ0) is 15.0. The second kappa shape index (κ2) is 9.29. The molecule has 20 heavy (non-hydrogen) atoms.